The third-order valence-electron chi connectivity index (χ3n) is 2.27. The molecule has 2 N–H and O–H groups in total. The number of nitrogens with zero attached hydrogens (tertiary/aromatic N) is 2. The molecule has 0 spiro atoms. The summed E-state index contributed by atoms with van der Waals surface area (Å²) in [5.74, 6) is -0.0608. The molecule has 0 aromatic carbocycles. The van der Waals surface area contributed by atoms with Gasteiger partial charge in [-0.05, 0) is 11.4 Å². The van der Waals surface area contributed by atoms with Crippen LogP contribution in [0.4, 0.5) is 0 Å². The fraction of sp³-hybridized carbons (Fsp3) is 0.273. The van der Waals surface area contributed by atoms with Crippen molar-refractivity contribution in [3.63, 3.8) is 0 Å². The second-order valence-corrected chi connectivity index (χ2v) is 5.55. The minimum Gasteiger partial charge on any atom is -0.335 e. The van der Waals surface area contributed by atoms with Crippen LogP contribution in [0.25, 0.3) is 0 Å². The molecule has 0 radical (unpaired) electrons. The van der Waals surface area contributed by atoms with Gasteiger partial charge >= 0.3 is 0 Å². The standard InChI is InChI=1S/C11H13N3OS2.ClH/c1-14(6-8-3-2-4-16-8)11(15)9-7-17-10(5-12)13-9;/h2-4,7H,5-6,12H2,1H3;1H. The third-order valence-corrected chi connectivity index (χ3v) is 4.00. The molecule has 0 fully saturated rings. The largest absolute Gasteiger partial charge is 0.335 e. The van der Waals surface area contributed by atoms with E-state index < -0.39 is 0 Å². The van der Waals surface area contributed by atoms with Crippen LogP contribution in [0.15, 0.2) is 22.9 Å². The van der Waals surface area contributed by atoms with Crippen LogP contribution in [0.2, 0.25) is 0 Å². The molecule has 0 aliphatic heterocycles. The summed E-state index contributed by atoms with van der Waals surface area (Å²) in [5.41, 5.74) is 5.95. The predicted molar refractivity (Wildman–Crippen MR) is 77.4 cm³/mol. The first-order valence-electron chi connectivity index (χ1n) is 5.13. The smallest absolute Gasteiger partial charge is 0.273 e. The van der Waals surface area contributed by atoms with Crippen molar-refractivity contribution in [2.45, 2.75) is 13.1 Å². The van der Waals surface area contributed by atoms with Crippen LogP contribution >= 0.6 is 35.1 Å². The summed E-state index contributed by atoms with van der Waals surface area (Å²) in [4.78, 5) is 19.0. The quantitative estimate of drug-likeness (QED) is 0.943. The third kappa shape index (κ3) is 3.52. The van der Waals surface area contributed by atoms with Gasteiger partial charge in [0.2, 0.25) is 0 Å². The number of carbonyl (C=O) groups excluding carboxylic acids is 1. The van der Waals surface area contributed by atoms with Gasteiger partial charge in [-0.15, -0.1) is 35.1 Å². The number of carbonyl (C=O) groups is 1. The summed E-state index contributed by atoms with van der Waals surface area (Å²) in [6, 6.07) is 3.99. The number of thiazole rings is 1. The van der Waals surface area contributed by atoms with E-state index in [0.29, 0.717) is 18.8 Å². The van der Waals surface area contributed by atoms with Gasteiger partial charge in [0.1, 0.15) is 10.7 Å². The Balaban J connectivity index is 0.00000162. The predicted octanol–water partition coefficient (Wildman–Crippen LogP) is 2.36. The van der Waals surface area contributed by atoms with E-state index in [9.17, 15) is 4.79 Å². The summed E-state index contributed by atoms with van der Waals surface area (Å²) in [6.07, 6.45) is 0. The van der Waals surface area contributed by atoms with Crippen LogP contribution in [-0.2, 0) is 13.1 Å². The summed E-state index contributed by atoms with van der Waals surface area (Å²) in [6.45, 7) is 0.999. The number of hydrogen-bond acceptors (Lipinski definition) is 5. The Hall–Kier alpha value is -0.950. The Labute approximate surface area is 120 Å². The molecule has 0 bridgehead atoms. The lowest BCUT2D eigenvalue weighted by Gasteiger charge is -2.14. The molecule has 0 saturated heterocycles. The lowest BCUT2D eigenvalue weighted by molar-refractivity contribution is 0.0781. The molecule has 2 aromatic rings. The van der Waals surface area contributed by atoms with Crippen molar-refractivity contribution < 1.29 is 4.79 Å². The van der Waals surface area contributed by atoms with Crippen LogP contribution in [0.5, 0.6) is 0 Å². The number of rotatable bonds is 4. The molecule has 7 heteroatoms. The zero-order chi connectivity index (χ0) is 12.3. The van der Waals surface area contributed by atoms with E-state index in [4.69, 9.17) is 5.73 Å². The molecule has 2 aromatic heterocycles. The average molecular weight is 304 g/mol. The molecule has 2 heterocycles. The van der Waals surface area contributed by atoms with E-state index in [1.165, 1.54) is 11.3 Å². The van der Waals surface area contributed by atoms with Gasteiger partial charge in [0, 0.05) is 23.8 Å². The van der Waals surface area contributed by atoms with Crippen molar-refractivity contribution in [3.8, 4) is 0 Å². The van der Waals surface area contributed by atoms with Gasteiger partial charge < -0.3 is 10.6 Å². The maximum Gasteiger partial charge on any atom is 0.273 e. The molecule has 1 amide bonds. The molecule has 0 aliphatic rings. The Bertz CT molecular complexity index is 498. The molecular weight excluding hydrogens is 290 g/mol. The maximum atomic E-state index is 12.0. The monoisotopic (exact) mass is 303 g/mol. The lowest BCUT2D eigenvalue weighted by atomic mass is 10.4. The second kappa shape index (κ2) is 6.84. The van der Waals surface area contributed by atoms with Crippen molar-refractivity contribution in [1.82, 2.24) is 9.88 Å². The van der Waals surface area contributed by atoms with Gasteiger partial charge in [-0.3, -0.25) is 4.79 Å². The SMILES string of the molecule is CN(Cc1cccs1)C(=O)c1csc(CN)n1.Cl. The molecule has 0 aliphatic carbocycles. The molecule has 0 saturated carbocycles. The second-order valence-electron chi connectivity index (χ2n) is 3.57. The number of halogens is 1. The van der Waals surface area contributed by atoms with E-state index in [0.717, 1.165) is 9.88 Å². The summed E-state index contributed by atoms with van der Waals surface area (Å²) in [7, 11) is 1.78. The van der Waals surface area contributed by atoms with Gasteiger partial charge in [0.15, 0.2) is 0 Å². The molecular formula is C11H14ClN3OS2. The van der Waals surface area contributed by atoms with Crippen molar-refractivity contribution >= 4 is 41.0 Å². The lowest BCUT2D eigenvalue weighted by Crippen LogP contribution is -2.26. The zero-order valence-electron chi connectivity index (χ0n) is 9.83. The van der Waals surface area contributed by atoms with Crippen molar-refractivity contribution in [2.24, 2.45) is 5.73 Å². The fourth-order valence-electron chi connectivity index (χ4n) is 1.41. The normalized spacial score (nSPS) is 9.89. The highest BCUT2D eigenvalue weighted by atomic mass is 35.5. The zero-order valence-corrected chi connectivity index (χ0v) is 12.3. The molecule has 0 atom stereocenters. The Morgan fingerprint density at radius 2 is 2.28 bits per heavy atom. The van der Waals surface area contributed by atoms with Crippen LogP contribution in [0.3, 0.4) is 0 Å². The number of amides is 1. The first kappa shape index (κ1) is 15.1. The Morgan fingerprint density at radius 1 is 1.50 bits per heavy atom. The van der Waals surface area contributed by atoms with Gasteiger partial charge in [0.05, 0.1) is 6.54 Å². The maximum absolute atomic E-state index is 12.0. The number of hydrogen-bond donors (Lipinski definition) is 1. The van der Waals surface area contributed by atoms with Crippen LogP contribution < -0.4 is 5.73 Å². The number of thiophene rings is 1. The molecule has 0 unspecified atom stereocenters. The van der Waals surface area contributed by atoms with Crippen LogP contribution in [0, 0.1) is 0 Å². The molecule has 98 valence electrons. The molecule has 18 heavy (non-hydrogen) atoms. The topological polar surface area (TPSA) is 59.2 Å². The summed E-state index contributed by atoms with van der Waals surface area (Å²) in [5, 5.41) is 4.55. The van der Waals surface area contributed by atoms with Gasteiger partial charge in [-0.25, -0.2) is 4.98 Å². The fourth-order valence-corrected chi connectivity index (χ4v) is 2.81. The number of aromatic nitrogens is 1. The Kier molecular flexibility index (Phi) is 5.74. The van der Waals surface area contributed by atoms with E-state index in [2.05, 4.69) is 4.98 Å². The van der Waals surface area contributed by atoms with E-state index in [-0.39, 0.29) is 18.3 Å². The summed E-state index contributed by atoms with van der Waals surface area (Å²) >= 11 is 3.06. The van der Waals surface area contributed by atoms with Crippen LogP contribution in [0.1, 0.15) is 20.4 Å². The van der Waals surface area contributed by atoms with E-state index >= 15 is 0 Å². The first-order valence-corrected chi connectivity index (χ1v) is 6.89. The van der Waals surface area contributed by atoms with Crippen LogP contribution in [-0.4, -0.2) is 22.8 Å². The average Bonchev–Trinajstić information content (AvgIpc) is 2.98. The van der Waals surface area contributed by atoms with Crippen molar-refractivity contribution in [3.05, 3.63) is 38.5 Å². The minimum absolute atomic E-state index is 0. The molecule has 4 nitrogen and oxygen atoms in total. The van der Waals surface area contributed by atoms with Crippen molar-refractivity contribution in [2.75, 3.05) is 7.05 Å². The van der Waals surface area contributed by atoms with Gasteiger partial charge in [-0.1, -0.05) is 6.07 Å². The highest BCUT2D eigenvalue weighted by Crippen LogP contribution is 2.14. The molecule has 2 rings (SSSR count). The Morgan fingerprint density at radius 3 is 2.83 bits per heavy atom. The summed E-state index contributed by atoms with van der Waals surface area (Å²) < 4.78 is 0. The van der Waals surface area contributed by atoms with Gasteiger partial charge in [0.25, 0.3) is 5.91 Å². The first-order chi connectivity index (χ1) is 8.20. The highest BCUT2D eigenvalue weighted by molar-refractivity contribution is 7.10. The highest BCUT2D eigenvalue weighted by Gasteiger charge is 2.15. The van der Waals surface area contributed by atoms with E-state index in [1.807, 2.05) is 17.5 Å². The number of nitrogens with two attached hydrogens (primary N) is 1. The van der Waals surface area contributed by atoms with Gasteiger partial charge in [-0.2, -0.15) is 0 Å². The van der Waals surface area contributed by atoms with Crippen molar-refractivity contribution in [1.29, 1.82) is 0 Å². The minimum atomic E-state index is -0.0608. The van der Waals surface area contributed by atoms with E-state index in [1.54, 1.807) is 28.7 Å².